The van der Waals surface area contributed by atoms with Gasteiger partial charge in [0.05, 0.1) is 6.42 Å². The molecule has 0 unspecified atom stereocenters. The van der Waals surface area contributed by atoms with Crippen LogP contribution in [-0.4, -0.2) is 5.97 Å². The molecule has 0 atom stereocenters. The summed E-state index contributed by atoms with van der Waals surface area (Å²) in [7, 11) is 0. The first-order valence-electron chi connectivity index (χ1n) is 7.14. The molecule has 0 radical (unpaired) electrons. The van der Waals surface area contributed by atoms with Crippen LogP contribution in [0.4, 0.5) is 0 Å². The molecular formula is C18H24O2. The van der Waals surface area contributed by atoms with Gasteiger partial charge in [-0.3, -0.25) is 4.79 Å². The molecule has 0 aliphatic rings. The third-order valence-electron chi connectivity index (χ3n) is 2.78. The van der Waals surface area contributed by atoms with Crippen LogP contribution in [0, 0.1) is 5.92 Å². The van der Waals surface area contributed by atoms with E-state index in [0.717, 1.165) is 18.4 Å². The van der Waals surface area contributed by atoms with E-state index in [1.165, 1.54) is 0 Å². The second-order valence-electron chi connectivity index (χ2n) is 5.29. The molecule has 20 heavy (non-hydrogen) atoms. The monoisotopic (exact) mass is 272 g/mol. The van der Waals surface area contributed by atoms with Gasteiger partial charge in [-0.05, 0) is 37.3 Å². The number of hydrogen-bond donors (Lipinski definition) is 0. The van der Waals surface area contributed by atoms with Crippen molar-refractivity contribution in [2.45, 2.75) is 40.0 Å². The Balaban J connectivity index is 2.32. The van der Waals surface area contributed by atoms with Gasteiger partial charge in [0, 0.05) is 0 Å². The molecule has 0 amide bonds. The molecule has 108 valence electrons. The number of rotatable bonds is 7. The average molecular weight is 272 g/mol. The van der Waals surface area contributed by atoms with E-state index in [-0.39, 0.29) is 5.97 Å². The van der Waals surface area contributed by atoms with E-state index in [0.29, 0.717) is 18.1 Å². The first kappa shape index (κ1) is 16.2. The standard InChI is InChI=1S/C18H24O2/c1-15(2)10-6-4-7-11-16(3)20-18(19)14-17-12-8-5-9-13-17/h4-6,8-9,11-13,15H,7,10,14H2,1-3H3/b6-4+,16-11+. The fourth-order valence-corrected chi connectivity index (χ4v) is 1.72. The van der Waals surface area contributed by atoms with E-state index in [1.54, 1.807) is 0 Å². The summed E-state index contributed by atoms with van der Waals surface area (Å²) < 4.78 is 5.27. The van der Waals surface area contributed by atoms with Gasteiger partial charge in [-0.2, -0.15) is 0 Å². The minimum absolute atomic E-state index is 0.212. The van der Waals surface area contributed by atoms with Crippen molar-refractivity contribution in [2.24, 2.45) is 5.92 Å². The largest absolute Gasteiger partial charge is 0.431 e. The van der Waals surface area contributed by atoms with Crippen molar-refractivity contribution in [3.63, 3.8) is 0 Å². The van der Waals surface area contributed by atoms with Crippen LogP contribution in [0.15, 0.2) is 54.3 Å². The van der Waals surface area contributed by atoms with Crippen molar-refractivity contribution >= 4 is 5.97 Å². The minimum Gasteiger partial charge on any atom is -0.431 e. The summed E-state index contributed by atoms with van der Waals surface area (Å²) in [5.74, 6) is 1.14. The summed E-state index contributed by atoms with van der Waals surface area (Å²) in [5.41, 5.74) is 0.974. The predicted molar refractivity (Wildman–Crippen MR) is 83.2 cm³/mol. The van der Waals surface area contributed by atoms with E-state index < -0.39 is 0 Å². The number of ether oxygens (including phenoxy) is 1. The quantitative estimate of drug-likeness (QED) is 0.409. The third-order valence-corrected chi connectivity index (χ3v) is 2.78. The van der Waals surface area contributed by atoms with Crippen molar-refractivity contribution < 1.29 is 9.53 Å². The third kappa shape index (κ3) is 7.57. The lowest BCUT2D eigenvalue weighted by Crippen LogP contribution is -2.06. The van der Waals surface area contributed by atoms with Gasteiger partial charge in [0.25, 0.3) is 0 Å². The molecule has 0 aliphatic heterocycles. The van der Waals surface area contributed by atoms with Crippen molar-refractivity contribution in [3.8, 4) is 0 Å². The number of esters is 1. The lowest BCUT2D eigenvalue weighted by Gasteiger charge is -2.04. The fourth-order valence-electron chi connectivity index (χ4n) is 1.72. The lowest BCUT2D eigenvalue weighted by molar-refractivity contribution is -0.138. The number of benzene rings is 1. The minimum atomic E-state index is -0.212. The van der Waals surface area contributed by atoms with Gasteiger partial charge in [-0.15, -0.1) is 0 Å². The van der Waals surface area contributed by atoms with E-state index in [1.807, 2.05) is 43.3 Å². The van der Waals surface area contributed by atoms with Crippen molar-refractivity contribution in [1.82, 2.24) is 0 Å². The maximum atomic E-state index is 11.7. The molecule has 0 aromatic heterocycles. The van der Waals surface area contributed by atoms with Gasteiger partial charge in [0.2, 0.25) is 0 Å². The van der Waals surface area contributed by atoms with E-state index in [4.69, 9.17) is 4.74 Å². The van der Waals surface area contributed by atoms with Crippen LogP contribution < -0.4 is 0 Å². The van der Waals surface area contributed by atoms with E-state index in [9.17, 15) is 4.79 Å². The molecule has 0 saturated heterocycles. The van der Waals surface area contributed by atoms with Crippen molar-refractivity contribution in [1.29, 1.82) is 0 Å². The molecule has 0 bridgehead atoms. The summed E-state index contributed by atoms with van der Waals surface area (Å²) in [6.45, 7) is 6.20. The van der Waals surface area contributed by atoms with Gasteiger partial charge in [-0.1, -0.05) is 56.3 Å². The summed E-state index contributed by atoms with van der Waals surface area (Å²) >= 11 is 0. The van der Waals surface area contributed by atoms with E-state index in [2.05, 4.69) is 26.0 Å². The van der Waals surface area contributed by atoms with Crippen LogP contribution in [0.5, 0.6) is 0 Å². The normalized spacial score (nSPS) is 12.1. The molecule has 2 heteroatoms. The van der Waals surface area contributed by atoms with Gasteiger partial charge in [0.15, 0.2) is 0 Å². The topological polar surface area (TPSA) is 26.3 Å². The van der Waals surface area contributed by atoms with Crippen molar-refractivity contribution in [3.05, 3.63) is 59.9 Å². The summed E-state index contributed by atoms with van der Waals surface area (Å²) in [4.78, 5) is 11.7. The molecule has 0 spiro atoms. The Bertz CT molecular complexity index is 456. The molecule has 1 rings (SSSR count). The predicted octanol–water partition coefficient (Wildman–Crippen LogP) is 4.67. The number of carbonyl (C=O) groups excluding carboxylic acids is 1. The van der Waals surface area contributed by atoms with E-state index >= 15 is 0 Å². The van der Waals surface area contributed by atoms with Crippen LogP contribution in [0.25, 0.3) is 0 Å². The van der Waals surface area contributed by atoms with Gasteiger partial charge < -0.3 is 4.74 Å². The Labute approximate surface area is 122 Å². The molecule has 0 fully saturated rings. The summed E-state index contributed by atoms with van der Waals surface area (Å²) in [6, 6.07) is 9.63. The van der Waals surface area contributed by atoms with Crippen LogP contribution in [-0.2, 0) is 16.0 Å². The maximum Gasteiger partial charge on any atom is 0.315 e. The summed E-state index contributed by atoms with van der Waals surface area (Å²) in [5, 5.41) is 0. The molecule has 0 N–H and O–H groups in total. The Morgan fingerprint density at radius 1 is 1.20 bits per heavy atom. The molecule has 1 aromatic rings. The lowest BCUT2D eigenvalue weighted by atomic mass is 10.1. The average Bonchev–Trinajstić information content (AvgIpc) is 2.38. The number of hydrogen-bond acceptors (Lipinski definition) is 2. The smallest absolute Gasteiger partial charge is 0.315 e. The maximum absolute atomic E-state index is 11.7. The van der Waals surface area contributed by atoms with Crippen LogP contribution >= 0.6 is 0 Å². The van der Waals surface area contributed by atoms with Gasteiger partial charge in [0.1, 0.15) is 5.76 Å². The molecule has 0 heterocycles. The second kappa shape index (κ2) is 9.13. The summed E-state index contributed by atoms with van der Waals surface area (Å²) in [6.07, 6.45) is 8.40. The first-order valence-corrected chi connectivity index (χ1v) is 7.14. The Morgan fingerprint density at radius 3 is 2.55 bits per heavy atom. The second-order valence-corrected chi connectivity index (χ2v) is 5.29. The van der Waals surface area contributed by atoms with Gasteiger partial charge >= 0.3 is 5.97 Å². The zero-order valence-electron chi connectivity index (χ0n) is 12.6. The Hall–Kier alpha value is -1.83. The molecule has 2 nitrogen and oxygen atoms in total. The van der Waals surface area contributed by atoms with Gasteiger partial charge in [-0.25, -0.2) is 0 Å². The van der Waals surface area contributed by atoms with Crippen LogP contribution in [0.1, 0.15) is 39.2 Å². The Kier molecular flexibility index (Phi) is 7.41. The highest BCUT2D eigenvalue weighted by atomic mass is 16.5. The highest BCUT2D eigenvalue weighted by Crippen LogP contribution is 2.06. The SMILES string of the molecule is C/C(=C\C/C=C/CC(C)C)OC(=O)Cc1ccccc1. The van der Waals surface area contributed by atoms with Crippen molar-refractivity contribution in [2.75, 3.05) is 0 Å². The first-order chi connectivity index (χ1) is 9.58. The molecular weight excluding hydrogens is 248 g/mol. The number of allylic oxidation sites excluding steroid dienone is 4. The molecule has 0 saturated carbocycles. The Morgan fingerprint density at radius 2 is 1.90 bits per heavy atom. The zero-order valence-corrected chi connectivity index (χ0v) is 12.6. The molecule has 0 aliphatic carbocycles. The highest BCUT2D eigenvalue weighted by Gasteiger charge is 2.04. The number of carbonyl (C=O) groups is 1. The molecule has 1 aromatic carbocycles. The van der Waals surface area contributed by atoms with Crippen LogP contribution in [0.2, 0.25) is 0 Å². The van der Waals surface area contributed by atoms with Crippen LogP contribution in [0.3, 0.4) is 0 Å². The highest BCUT2D eigenvalue weighted by molar-refractivity contribution is 5.73. The zero-order chi connectivity index (χ0) is 14.8. The fraction of sp³-hybridized carbons (Fsp3) is 0.389.